The van der Waals surface area contributed by atoms with Crippen molar-refractivity contribution in [2.75, 3.05) is 13.7 Å². The standard InChI is InChI=1S/C20H23N3O5/c1-20(10-9-14-5-7-15(27-2)8-6-14)18(25)23(19(26)22-20)13-17(24)21-12-16-4-3-11-28-16/h3-8,11H,9-10,12-13H2,1-2H3,(H,21,24)(H,22,26)/t20-/m0/s1. The lowest BCUT2D eigenvalue weighted by Gasteiger charge is -2.21. The number of methoxy groups -OCH3 is 1. The highest BCUT2D eigenvalue weighted by Gasteiger charge is 2.47. The van der Waals surface area contributed by atoms with E-state index in [-0.39, 0.29) is 13.1 Å². The lowest BCUT2D eigenvalue weighted by molar-refractivity contribution is -0.134. The van der Waals surface area contributed by atoms with Crippen LogP contribution in [0.3, 0.4) is 0 Å². The van der Waals surface area contributed by atoms with Gasteiger partial charge in [0.15, 0.2) is 0 Å². The summed E-state index contributed by atoms with van der Waals surface area (Å²) in [5.74, 6) is 0.514. The minimum absolute atomic E-state index is 0.199. The molecule has 1 fully saturated rings. The fourth-order valence-electron chi connectivity index (χ4n) is 3.05. The second-order valence-corrected chi connectivity index (χ2v) is 6.86. The zero-order chi connectivity index (χ0) is 20.1. The normalized spacial score (nSPS) is 18.9. The lowest BCUT2D eigenvalue weighted by Crippen LogP contribution is -2.45. The monoisotopic (exact) mass is 385 g/mol. The second kappa shape index (κ2) is 8.16. The molecule has 1 aliphatic heterocycles. The van der Waals surface area contributed by atoms with Gasteiger partial charge in [-0.05, 0) is 49.6 Å². The Morgan fingerprint density at radius 3 is 2.64 bits per heavy atom. The van der Waals surface area contributed by atoms with E-state index >= 15 is 0 Å². The SMILES string of the molecule is COc1ccc(CC[C@]2(C)NC(=O)N(CC(=O)NCc3ccco3)C2=O)cc1. The van der Waals surface area contributed by atoms with Gasteiger partial charge in [0, 0.05) is 0 Å². The first-order valence-corrected chi connectivity index (χ1v) is 8.97. The van der Waals surface area contributed by atoms with E-state index in [1.165, 1.54) is 6.26 Å². The highest BCUT2D eigenvalue weighted by molar-refractivity contribution is 6.08. The summed E-state index contributed by atoms with van der Waals surface area (Å²) < 4.78 is 10.3. The summed E-state index contributed by atoms with van der Waals surface area (Å²) in [6, 6.07) is 10.4. The zero-order valence-electron chi connectivity index (χ0n) is 15.9. The molecular formula is C20H23N3O5. The number of carbonyl (C=O) groups is 3. The maximum Gasteiger partial charge on any atom is 0.325 e. The van der Waals surface area contributed by atoms with Gasteiger partial charge in [0.2, 0.25) is 5.91 Å². The van der Waals surface area contributed by atoms with E-state index in [0.29, 0.717) is 18.6 Å². The molecule has 0 saturated carbocycles. The summed E-state index contributed by atoms with van der Waals surface area (Å²) in [6.45, 7) is 1.55. The van der Waals surface area contributed by atoms with Crippen LogP contribution in [0.5, 0.6) is 5.75 Å². The third kappa shape index (κ3) is 4.33. The first-order chi connectivity index (χ1) is 13.4. The Balaban J connectivity index is 1.55. The molecular weight excluding hydrogens is 362 g/mol. The van der Waals surface area contributed by atoms with Gasteiger partial charge in [0.25, 0.3) is 5.91 Å². The zero-order valence-corrected chi connectivity index (χ0v) is 15.9. The Kier molecular flexibility index (Phi) is 5.67. The van der Waals surface area contributed by atoms with Crippen LogP contribution in [0.2, 0.25) is 0 Å². The van der Waals surface area contributed by atoms with Crippen molar-refractivity contribution in [3.8, 4) is 5.75 Å². The van der Waals surface area contributed by atoms with E-state index < -0.39 is 23.4 Å². The molecule has 4 amide bonds. The number of benzene rings is 1. The van der Waals surface area contributed by atoms with Gasteiger partial charge in [0.1, 0.15) is 23.6 Å². The van der Waals surface area contributed by atoms with Crippen molar-refractivity contribution in [3.63, 3.8) is 0 Å². The molecule has 2 aromatic rings. The molecule has 1 saturated heterocycles. The Bertz CT molecular complexity index is 847. The molecule has 0 unspecified atom stereocenters. The Morgan fingerprint density at radius 2 is 2.00 bits per heavy atom. The van der Waals surface area contributed by atoms with Crippen molar-refractivity contribution < 1.29 is 23.5 Å². The van der Waals surface area contributed by atoms with E-state index in [2.05, 4.69) is 10.6 Å². The molecule has 0 spiro atoms. The molecule has 1 aromatic carbocycles. The summed E-state index contributed by atoms with van der Waals surface area (Å²) in [4.78, 5) is 38.0. The Labute approximate surface area is 162 Å². The predicted octanol–water partition coefficient (Wildman–Crippen LogP) is 1.85. The predicted molar refractivity (Wildman–Crippen MR) is 101 cm³/mol. The molecule has 2 N–H and O–H groups in total. The van der Waals surface area contributed by atoms with Crippen molar-refractivity contribution in [2.24, 2.45) is 0 Å². The fraction of sp³-hybridized carbons (Fsp3) is 0.350. The van der Waals surface area contributed by atoms with Crippen LogP contribution < -0.4 is 15.4 Å². The number of carbonyl (C=O) groups excluding carboxylic acids is 3. The van der Waals surface area contributed by atoms with Crippen LogP contribution in [0.15, 0.2) is 47.1 Å². The van der Waals surface area contributed by atoms with Crippen LogP contribution in [0.4, 0.5) is 4.79 Å². The number of rotatable bonds is 8. The van der Waals surface area contributed by atoms with Gasteiger partial charge in [-0.15, -0.1) is 0 Å². The first kappa shape index (κ1) is 19.5. The van der Waals surface area contributed by atoms with Crippen molar-refractivity contribution >= 4 is 17.8 Å². The minimum atomic E-state index is -1.04. The topological polar surface area (TPSA) is 101 Å². The van der Waals surface area contributed by atoms with Gasteiger partial charge in [-0.1, -0.05) is 12.1 Å². The Hall–Kier alpha value is -3.29. The van der Waals surface area contributed by atoms with Crippen LogP contribution in [0.25, 0.3) is 0 Å². The number of nitrogens with one attached hydrogen (secondary N) is 2. The molecule has 0 aliphatic carbocycles. The van der Waals surface area contributed by atoms with E-state index in [4.69, 9.17) is 9.15 Å². The molecule has 1 aliphatic rings. The highest BCUT2D eigenvalue weighted by atomic mass is 16.5. The van der Waals surface area contributed by atoms with E-state index in [0.717, 1.165) is 16.2 Å². The molecule has 0 bridgehead atoms. The number of amides is 4. The third-order valence-electron chi connectivity index (χ3n) is 4.76. The van der Waals surface area contributed by atoms with Gasteiger partial charge in [-0.2, -0.15) is 0 Å². The number of urea groups is 1. The summed E-state index contributed by atoms with van der Waals surface area (Å²) in [5, 5.41) is 5.34. The second-order valence-electron chi connectivity index (χ2n) is 6.86. The van der Waals surface area contributed by atoms with Crippen LogP contribution >= 0.6 is 0 Å². The molecule has 28 heavy (non-hydrogen) atoms. The summed E-state index contributed by atoms with van der Waals surface area (Å²) in [7, 11) is 1.60. The largest absolute Gasteiger partial charge is 0.497 e. The number of hydrogen-bond donors (Lipinski definition) is 2. The number of furan rings is 1. The van der Waals surface area contributed by atoms with E-state index in [1.54, 1.807) is 26.2 Å². The number of ether oxygens (including phenoxy) is 1. The molecule has 3 rings (SSSR count). The average Bonchev–Trinajstić information content (AvgIpc) is 3.28. The maximum atomic E-state index is 12.8. The molecule has 2 heterocycles. The van der Waals surface area contributed by atoms with Crippen molar-refractivity contribution in [1.82, 2.24) is 15.5 Å². The number of nitrogens with zero attached hydrogens (tertiary/aromatic N) is 1. The summed E-state index contributed by atoms with van der Waals surface area (Å²) in [6.07, 6.45) is 2.53. The molecule has 0 radical (unpaired) electrons. The van der Waals surface area contributed by atoms with Crippen molar-refractivity contribution in [2.45, 2.75) is 31.8 Å². The summed E-state index contributed by atoms with van der Waals surface area (Å²) >= 11 is 0. The number of hydrogen-bond acceptors (Lipinski definition) is 5. The minimum Gasteiger partial charge on any atom is -0.497 e. The summed E-state index contributed by atoms with van der Waals surface area (Å²) in [5.41, 5.74) is -0.0168. The van der Waals surface area contributed by atoms with Crippen molar-refractivity contribution in [1.29, 1.82) is 0 Å². The lowest BCUT2D eigenvalue weighted by atomic mass is 9.93. The van der Waals surface area contributed by atoms with Crippen LogP contribution in [0.1, 0.15) is 24.7 Å². The van der Waals surface area contributed by atoms with Crippen LogP contribution in [0, 0.1) is 0 Å². The highest BCUT2D eigenvalue weighted by Crippen LogP contribution is 2.24. The van der Waals surface area contributed by atoms with Crippen LogP contribution in [-0.4, -0.2) is 41.9 Å². The quantitative estimate of drug-likeness (QED) is 0.676. The molecule has 8 nitrogen and oxygen atoms in total. The molecule has 148 valence electrons. The van der Waals surface area contributed by atoms with E-state index in [1.807, 2.05) is 24.3 Å². The maximum absolute atomic E-state index is 12.8. The van der Waals surface area contributed by atoms with Gasteiger partial charge in [-0.25, -0.2) is 4.79 Å². The van der Waals surface area contributed by atoms with Gasteiger partial charge < -0.3 is 19.8 Å². The average molecular weight is 385 g/mol. The smallest absolute Gasteiger partial charge is 0.325 e. The Morgan fingerprint density at radius 1 is 1.25 bits per heavy atom. The molecule has 1 atom stereocenters. The first-order valence-electron chi connectivity index (χ1n) is 8.97. The fourth-order valence-corrected chi connectivity index (χ4v) is 3.05. The van der Waals surface area contributed by atoms with Gasteiger partial charge >= 0.3 is 6.03 Å². The van der Waals surface area contributed by atoms with E-state index in [9.17, 15) is 14.4 Å². The number of aryl methyl sites for hydroxylation is 1. The molecule has 8 heteroatoms. The van der Waals surface area contributed by atoms with Gasteiger partial charge in [0.05, 0.1) is 19.9 Å². The van der Waals surface area contributed by atoms with Gasteiger partial charge in [-0.3, -0.25) is 14.5 Å². The third-order valence-corrected chi connectivity index (χ3v) is 4.76. The van der Waals surface area contributed by atoms with Crippen LogP contribution in [-0.2, 0) is 22.6 Å². The molecule has 1 aromatic heterocycles. The number of imide groups is 1. The van der Waals surface area contributed by atoms with Crippen molar-refractivity contribution in [3.05, 3.63) is 54.0 Å².